The molecule has 3 rings (SSSR count). The van der Waals surface area contributed by atoms with Crippen LogP contribution in [0.15, 0.2) is 66.9 Å². The smallest absolute Gasteiger partial charge is 0.0755 e. The van der Waals surface area contributed by atoms with Crippen molar-refractivity contribution in [3.05, 3.63) is 78.0 Å². The van der Waals surface area contributed by atoms with Crippen LogP contribution < -0.4 is 5.73 Å². The minimum absolute atomic E-state index is 0.505. The normalized spacial score (nSPS) is 14.1. The monoisotopic (exact) mass is 262 g/mol. The number of pyridine rings is 1. The summed E-state index contributed by atoms with van der Waals surface area (Å²) in [5, 5.41) is 1.13. The Morgan fingerprint density at radius 2 is 1.70 bits per heavy atom. The SMILES string of the molecule is CCC(N)(c1ccccc1)c1cccc2cccnc12. The van der Waals surface area contributed by atoms with E-state index in [0.29, 0.717) is 0 Å². The van der Waals surface area contributed by atoms with Gasteiger partial charge in [-0.3, -0.25) is 4.98 Å². The molecule has 2 aromatic carbocycles. The molecule has 3 aromatic rings. The first-order valence-electron chi connectivity index (χ1n) is 6.94. The van der Waals surface area contributed by atoms with Crippen LogP contribution in [-0.4, -0.2) is 4.98 Å². The Morgan fingerprint density at radius 3 is 2.45 bits per heavy atom. The Morgan fingerprint density at radius 1 is 0.950 bits per heavy atom. The number of benzene rings is 2. The quantitative estimate of drug-likeness (QED) is 0.778. The van der Waals surface area contributed by atoms with Gasteiger partial charge in [0.2, 0.25) is 0 Å². The van der Waals surface area contributed by atoms with Crippen molar-refractivity contribution in [2.75, 3.05) is 0 Å². The maximum absolute atomic E-state index is 6.77. The summed E-state index contributed by atoms with van der Waals surface area (Å²) in [6.07, 6.45) is 2.65. The highest BCUT2D eigenvalue weighted by Crippen LogP contribution is 2.33. The highest BCUT2D eigenvalue weighted by atomic mass is 14.8. The second-order valence-corrected chi connectivity index (χ2v) is 5.07. The molecule has 2 N–H and O–H groups in total. The molecule has 0 radical (unpaired) electrons. The minimum Gasteiger partial charge on any atom is -0.318 e. The molecule has 20 heavy (non-hydrogen) atoms. The van der Waals surface area contributed by atoms with Crippen LogP contribution in [0.4, 0.5) is 0 Å². The third-order valence-electron chi connectivity index (χ3n) is 3.96. The van der Waals surface area contributed by atoms with Crippen LogP contribution in [0, 0.1) is 0 Å². The lowest BCUT2D eigenvalue weighted by molar-refractivity contribution is 0.522. The van der Waals surface area contributed by atoms with Crippen molar-refractivity contribution in [2.24, 2.45) is 5.73 Å². The molecule has 0 saturated heterocycles. The van der Waals surface area contributed by atoms with Gasteiger partial charge in [-0.05, 0) is 18.1 Å². The van der Waals surface area contributed by atoms with Crippen molar-refractivity contribution in [1.82, 2.24) is 4.98 Å². The van der Waals surface area contributed by atoms with Gasteiger partial charge in [0.25, 0.3) is 0 Å². The number of rotatable bonds is 3. The van der Waals surface area contributed by atoms with Gasteiger partial charge < -0.3 is 5.73 Å². The molecule has 0 aliphatic rings. The molecule has 0 amide bonds. The van der Waals surface area contributed by atoms with Crippen molar-refractivity contribution in [1.29, 1.82) is 0 Å². The third kappa shape index (κ3) is 1.98. The van der Waals surface area contributed by atoms with Gasteiger partial charge in [0.1, 0.15) is 0 Å². The van der Waals surface area contributed by atoms with Crippen LogP contribution in [0.2, 0.25) is 0 Å². The summed E-state index contributed by atoms with van der Waals surface area (Å²) in [5.74, 6) is 0. The van der Waals surface area contributed by atoms with E-state index in [1.54, 1.807) is 0 Å². The van der Waals surface area contributed by atoms with Crippen LogP contribution in [0.5, 0.6) is 0 Å². The van der Waals surface area contributed by atoms with Gasteiger partial charge in [-0.2, -0.15) is 0 Å². The van der Waals surface area contributed by atoms with Crippen molar-refractivity contribution in [3.8, 4) is 0 Å². The second-order valence-electron chi connectivity index (χ2n) is 5.07. The molecule has 100 valence electrons. The van der Waals surface area contributed by atoms with Gasteiger partial charge in [-0.1, -0.05) is 61.5 Å². The first-order chi connectivity index (χ1) is 9.75. The largest absolute Gasteiger partial charge is 0.318 e. The Hall–Kier alpha value is -2.19. The van der Waals surface area contributed by atoms with Crippen LogP contribution in [-0.2, 0) is 5.54 Å². The van der Waals surface area contributed by atoms with Crippen molar-refractivity contribution >= 4 is 10.9 Å². The summed E-state index contributed by atoms with van der Waals surface area (Å²) in [6, 6.07) is 20.5. The maximum Gasteiger partial charge on any atom is 0.0755 e. The first kappa shape index (κ1) is 12.8. The molecule has 1 unspecified atom stereocenters. The number of nitrogens with two attached hydrogens (primary N) is 1. The average molecular weight is 262 g/mol. The highest BCUT2D eigenvalue weighted by Gasteiger charge is 2.29. The standard InChI is InChI=1S/C18H18N2/c1-2-18(19,15-10-4-3-5-11-15)16-12-6-8-14-9-7-13-20-17(14)16/h3-13H,2,19H2,1H3. The molecule has 0 fully saturated rings. The van der Waals surface area contributed by atoms with E-state index in [1.807, 2.05) is 30.5 Å². The van der Waals surface area contributed by atoms with Crippen molar-refractivity contribution in [3.63, 3.8) is 0 Å². The minimum atomic E-state index is -0.505. The van der Waals surface area contributed by atoms with Gasteiger partial charge in [0.15, 0.2) is 0 Å². The third-order valence-corrected chi connectivity index (χ3v) is 3.96. The predicted octanol–water partition coefficient (Wildman–Crippen LogP) is 3.85. The molecule has 1 heterocycles. The van der Waals surface area contributed by atoms with Gasteiger partial charge in [0, 0.05) is 17.1 Å². The fourth-order valence-electron chi connectivity index (χ4n) is 2.75. The van der Waals surface area contributed by atoms with E-state index in [2.05, 4.69) is 48.3 Å². The first-order valence-corrected chi connectivity index (χ1v) is 6.94. The molecule has 2 nitrogen and oxygen atoms in total. The van der Waals surface area contributed by atoms with E-state index in [9.17, 15) is 0 Å². The Bertz CT molecular complexity index is 716. The summed E-state index contributed by atoms with van der Waals surface area (Å²) in [6.45, 7) is 2.12. The zero-order valence-electron chi connectivity index (χ0n) is 11.6. The summed E-state index contributed by atoms with van der Waals surface area (Å²) in [4.78, 5) is 4.54. The number of aromatic nitrogens is 1. The van der Waals surface area contributed by atoms with E-state index in [1.165, 1.54) is 0 Å². The molecular formula is C18H18N2. The number of fused-ring (bicyclic) bond motifs is 1. The molecule has 0 saturated carbocycles. The fraction of sp³-hybridized carbons (Fsp3) is 0.167. The zero-order chi connectivity index (χ0) is 14.0. The number of hydrogen-bond acceptors (Lipinski definition) is 2. The average Bonchev–Trinajstić information content (AvgIpc) is 2.54. The van der Waals surface area contributed by atoms with Crippen LogP contribution >= 0.6 is 0 Å². The molecule has 0 aliphatic carbocycles. The van der Waals surface area contributed by atoms with Gasteiger partial charge in [-0.25, -0.2) is 0 Å². The van der Waals surface area contributed by atoms with Crippen molar-refractivity contribution in [2.45, 2.75) is 18.9 Å². The highest BCUT2D eigenvalue weighted by molar-refractivity contribution is 5.83. The van der Waals surface area contributed by atoms with E-state index in [0.717, 1.165) is 28.5 Å². The molecule has 0 spiro atoms. The van der Waals surface area contributed by atoms with Crippen LogP contribution in [0.25, 0.3) is 10.9 Å². The van der Waals surface area contributed by atoms with Gasteiger partial charge in [0.05, 0.1) is 11.1 Å². The molecule has 1 aromatic heterocycles. The lowest BCUT2D eigenvalue weighted by Crippen LogP contribution is -2.37. The summed E-state index contributed by atoms with van der Waals surface area (Å²) >= 11 is 0. The number of hydrogen-bond donors (Lipinski definition) is 1. The number of para-hydroxylation sites is 1. The Labute approximate surface area is 119 Å². The summed E-state index contributed by atoms with van der Waals surface area (Å²) in [7, 11) is 0. The van der Waals surface area contributed by atoms with Gasteiger partial charge >= 0.3 is 0 Å². The molecule has 0 aliphatic heterocycles. The van der Waals surface area contributed by atoms with E-state index in [-0.39, 0.29) is 0 Å². The lowest BCUT2D eigenvalue weighted by atomic mass is 9.80. The molecule has 0 bridgehead atoms. The summed E-state index contributed by atoms with van der Waals surface area (Å²) in [5.41, 5.74) is 9.46. The fourth-order valence-corrected chi connectivity index (χ4v) is 2.75. The molecule has 1 atom stereocenters. The van der Waals surface area contributed by atoms with Crippen LogP contribution in [0.3, 0.4) is 0 Å². The zero-order valence-corrected chi connectivity index (χ0v) is 11.6. The topological polar surface area (TPSA) is 38.9 Å². The summed E-state index contributed by atoms with van der Waals surface area (Å²) < 4.78 is 0. The molecule has 2 heteroatoms. The maximum atomic E-state index is 6.77. The van der Waals surface area contributed by atoms with E-state index < -0.39 is 5.54 Å². The number of nitrogens with zero attached hydrogens (tertiary/aromatic N) is 1. The Balaban J connectivity index is 2.27. The molecular weight excluding hydrogens is 244 g/mol. The van der Waals surface area contributed by atoms with Crippen LogP contribution in [0.1, 0.15) is 24.5 Å². The van der Waals surface area contributed by atoms with Gasteiger partial charge in [-0.15, -0.1) is 0 Å². The van der Waals surface area contributed by atoms with E-state index in [4.69, 9.17) is 5.73 Å². The van der Waals surface area contributed by atoms with E-state index >= 15 is 0 Å². The Kier molecular flexibility index (Phi) is 3.25. The predicted molar refractivity (Wildman–Crippen MR) is 83.4 cm³/mol. The van der Waals surface area contributed by atoms with Crippen molar-refractivity contribution < 1.29 is 0 Å². The second kappa shape index (κ2) is 5.06. The lowest BCUT2D eigenvalue weighted by Gasteiger charge is -2.30.